The molecule has 0 saturated carbocycles. The Balaban J connectivity index is 2.54. The van der Waals surface area contributed by atoms with Crippen LogP contribution in [0.4, 0.5) is 5.69 Å². The lowest BCUT2D eigenvalue weighted by molar-refractivity contribution is -0.385. The molecule has 1 aromatic carbocycles. The molecular formula is C19H27N5O6S. The first-order valence-corrected chi connectivity index (χ1v) is 11.2. The van der Waals surface area contributed by atoms with E-state index in [9.17, 15) is 23.3 Å². The second-order valence-corrected chi connectivity index (χ2v) is 9.13. The molecule has 31 heavy (non-hydrogen) atoms. The molecule has 0 saturated heterocycles. The number of hydrogen-bond acceptors (Lipinski definition) is 7. The Morgan fingerprint density at radius 2 is 1.97 bits per heavy atom. The first-order chi connectivity index (χ1) is 14.4. The number of rotatable bonds is 9. The van der Waals surface area contributed by atoms with E-state index in [0.717, 1.165) is 12.1 Å². The van der Waals surface area contributed by atoms with Crippen LogP contribution in [0, 0.1) is 17.0 Å². The van der Waals surface area contributed by atoms with E-state index in [1.807, 2.05) is 13.8 Å². The molecule has 0 aliphatic heterocycles. The van der Waals surface area contributed by atoms with Crippen molar-refractivity contribution >= 4 is 21.6 Å². The molecule has 2 aromatic rings. The summed E-state index contributed by atoms with van der Waals surface area (Å²) in [5.74, 6) is -0.376. The van der Waals surface area contributed by atoms with Crippen molar-refractivity contribution in [2.45, 2.75) is 58.0 Å². The van der Waals surface area contributed by atoms with Gasteiger partial charge in [-0.1, -0.05) is 6.92 Å². The quantitative estimate of drug-likeness (QED) is 0.438. The lowest BCUT2D eigenvalue weighted by Crippen LogP contribution is -2.32. The summed E-state index contributed by atoms with van der Waals surface area (Å²) < 4.78 is 35.4. The van der Waals surface area contributed by atoms with Crippen LogP contribution in [0.5, 0.6) is 11.6 Å². The molecule has 1 unspecified atom stereocenters. The molecule has 0 radical (unpaired) electrons. The van der Waals surface area contributed by atoms with E-state index < -0.39 is 26.5 Å². The smallest absolute Gasteiger partial charge is 0.272 e. The fourth-order valence-electron chi connectivity index (χ4n) is 2.72. The summed E-state index contributed by atoms with van der Waals surface area (Å²) in [4.78, 5) is 22.5. The van der Waals surface area contributed by atoms with Crippen LogP contribution in [0.25, 0.3) is 0 Å². The van der Waals surface area contributed by atoms with E-state index in [2.05, 4.69) is 15.1 Å². The number of nitro groups is 1. The van der Waals surface area contributed by atoms with Gasteiger partial charge in [-0.25, -0.2) is 17.8 Å². The van der Waals surface area contributed by atoms with Crippen LogP contribution in [-0.4, -0.2) is 41.1 Å². The number of benzene rings is 1. The highest BCUT2D eigenvalue weighted by atomic mass is 32.2. The normalized spacial score (nSPS) is 12.6. The number of amides is 1. The summed E-state index contributed by atoms with van der Waals surface area (Å²) in [5, 5.41) is 18.1. The van der Waals surface area contributed by atoms with Gasteiger partial charge in [0.2, 0.25) is 15.9 Å². The van der Waals surface area contributed by atoms with Gasteiger partial charge in [0.15, 0.2) is 5.69 Å². The lowest BCUT2D eigenvalue weighted by atomic mass is 10.2. The number of carbonyl (C=O) groups is 1. The SMILES string of the molecule is CCC(C)NS(=O)(=O)c1cc([N+](=O)[O-])ccc1Oc1c(C)c(C(=O)NC(C)C)nn1C. The maximum atomic E-state index is 12.9. The molecule has 12 heteroatoms. The van der Waals surface area contributed by atoms with E-state index in [-0.39, 0.29) is 34.3 Å². The highest BCUT2D eigenvalue weighted by Gasteiger charge is 2.27. The Morgan fingerprint density at radius 1 is 1.32 bits per heavy atom. The van der Waals surface area contributed by atoms with Crippen molar-refractivity contribution in [1.29, 1.82) is 0 Å². The van der Waals surface area contributed by atoms with E-state index in [1.54, 1.807) is 27.8 Å². The number of hydrogen-bond donors (Lipinski definition) is 2. The molecule has 11 nitrogen and oxygen atoms in total. The number of aromatic nitrogens is 2. The van der Waals surface area contributed by atoms with Crippen LogP contribution in [0.2, 0.25) is 0 Å². The minimum atomic E-state index is -4.12. The lowest BCUT2D eigenvalue weighted by Gasteiger charge is -2.15. The topological polar surface area (TPSA) is 145 Å². The second kappa shape index (κ2) is 9.43. The summed E-state index contributed by atoms with van der Waals surface area (Å²) in [6.07, 6.45) is 0.527. The molecule has 0 aliphatic rings. The fourth-order valence-corrected chi connectivity index (χ4v) is 4.20. The first-order valence-electron chi connectivity index (χ1n) is 9.70. The van der Waals surface area contributed by atoms with Crippen molar-refractivity contribution < 1.29 is 22.9 Å². The zero-order chi connectivity index (χ0) is 23.5. The van der Waals surface area contributed by atoms with Gasteiger partial charge in [0.1, 0.15) is 10.6 Å². The molecule has 1 heterocycles. The number of ether oxygens (including phenoxy) is 1. The Labute approximate surface area is 181 Å². The van der Waals surface area contributed by atoms with Crippen molar-refractivity contribution in [2.75, 3.05) is 0 Å². The zero-order valence-corrected chi connectivity index (χ0v) is 19.1. The van der Waals surface area contributed by atoms with Crippen molar-refractivity contribution in [2.24, 2.45) is 7.05 Å². The molecule has 0 spiro atoms. The summed E-state index contributed by atoms with van der Waals surface area (Å²) in [6.45, 7) is 8.73. The van der Waals surface area contributed by atoms with Gasteiger partial charge in [-0.05, 0) is 40.2 Å². The van der Waals surface area contributed by atoms with Crippen molar-refractivity contribution in [1.82, 2.24) is 19.8 Å². The number of aryl methyl sites for hydroxylation is 1. The molecule has 1 aromatic heterocycles. The summed E-state index contributed by atoms with van der Waals surface area (Å²) >= 11 is 0. The molecule has 170 valence electrons. The second-order valence-electron chi connectivity index (χ2n) is 7.45. The van der Waals surface area contributed by atoms with Crippen LogP contribution in [0.3, 0.4) is 0 Å². The zero-order valence-electron chi connectivity index (χ0n) is 18.3. The number of nitro benzene ring substituents is 1. The van der Waals surface area contributed by atoms with Gasteiger partial charge in [-0.2, -0.15) is 5.10 Å². The predicted molar refractivity (Wildman–Crippen MR) is 114 cm³/mol. The highest BCUT2D eigenvalue weighted by Crippen LogP contribution is 2.34. The van der Waals surface area contributed by atoms with Crippen molar-refractivity contribution in [3.8, 4) is 11.6 Å². The molecule has 1 amide bonds. The maximum absolute atomic E-state index is 12.9. The third-order valence-corrected chi connectivity index (χ3v) is 6.07. The summed E-state index contributed by atoms with van der Waals surface area (Å²) in [5.41, 5.74) is 0.142. The van der Waals surface area contributed by atoms with Crippen molar-refractivity contribution in [3.05, 3.63) is 39.6 Å². The Bertz CT molecular complexity index is 1090. The minimum absolute atomic E-state index is 0.101. The standard InChI is InChI=1S/C19H27N5O6S/c1-7-12(4)22-31(28,29)16-10-14(24(26)27)8-9-15(16)30-19-13(5)17(21-23(19)6)18(25)20-11(2)3/h8-12,22H,7H2,1-6H3,(H,20,25). The van der Waals surface area contributed by atoms with Crippen molar-refractivity contribution in [3.63, 3.8) is 0 Å². The Kier molecular flexibility index (Phi) is 7.39. The van der Waals surface area contributed by atoms with Crippen LogP contribution >= 0.6 is 0 Å². The van der Waals surface area contributed by atoms with Crippen LogP contribution in [0.1, 0.15) is 50.2 Å². The predicted octanol–water partition coefficient (Wildman–Crippen LogP) is 2.64. The molecule has 0 bridgehead atoms. The maximum Gasteiger partial charge on any atom is 0.272 e. The molecule has 2 rings (SSSR count). The van der Waals surface area contributed by atoms with E-state index in [1.165, 1.54) is 10.7 Å². The van der Waals surface area contributed by atoms with Gasteiger partial charge in [0.25, 0.3) is 11.6 Å². The van der Waals surface area contributed by atoms with Gasteiger partial charge >= 0.3 is 0 Å². The van der Waals surface area contributed by atoms with Gasteiger partial charge in [-0.15, -0.1) is 0 Å². The summed E-state index contributed by atoms with van der Waals surface area (Å²) in [6, 6.07) is 2.82. The largest absolute Gasteiger partial charge is 0.438 e. The molecular weight excluding hydrogens is 426 g/mol. The average Bonchev–Trinajstić information content (AvgIpc) is 2.95. The van der Waals surface area contributed by atoms with Gasteiger partial charge in [0, 0.05) is 36.8 Å². The fraction of sp³-hybridized carbons (Fsp3) is 0.474. The molecule has 0 fully saturated rings. The Morgan fingerprint density at radius 3 is 2.52 bits per heavy atom. The van der Waals surface area contributed by atoms with Gasteiger partial charge < -0.3 is 10.1 Å². The minimum Gasteiger partial charge on any atom is -0.438 e. The third kappa shape index (κ3) is 5.58. The number of carbonyl (C=O) groups excluding carboxylic acids is 1. The molecule has 2 N–H and O–H groups in total. The molecule has 1 atom stereocenters. The van der Waals surface area contributed by atoms with E-state index >= 15 is 0 Å². The number of sulfonamides is 1. The van der Waals surface area contributed by atoms with Gasteiger partial charge in [0.05, 0.1) is 4.92 Å². The highest BCUT2D eigenvalue weighted by molar-refractivity contribution is 7.89. The number of nitrogens with one attached hydrogen (secondary N) is 2. The molecule has 0 aliphatic carbocycles. The van der Waals surface area contributed by atoms with E-state index in [4.69, 9.17) is 4.74 Å². The third-order valence-electron chi connectivity index (χ3n) is 4.46. The van der Waals surface area contributed by atoms with Gasteiger partial charge in [-0.3, -0.25) is 14.9 Å². The van der Waals surface area contributed by atoms with Crippen LogP contribution in [-0.2, 0) is 17.1 Å². The monoisotopic (exact) mass is 453 g/mol. The number of nitrogens with zero attached hydrogens (tertiary/aromatic N) is 3. The number of non-ortho nitro benzene ring substituents is 1. The average molecular weight is 454 g/mol. The van der Waals surface area contributed by atoms with Crippen LogP contribution in [0.15, 0.2) is 23.1 Å². The summed E-state index contributed by atoms with van der Waals surface area (Å²) in [7, 11) is -2.57. The van der Waals surface area contributed by atoms with E-state index in [0.29, 0.717) is 12.0 Å². The Hall–Kier alpha value is -2.99. The first kappa shape index (κ1) is 24.3. The van der Waals surface area contributed by atoms with Crippen LogP contribution < -0.4 is 14.8 Å².